The van der Waals surface area contributed by atoms with Gasteiger partial charge in [0.05, 0.1) is 19.2 Å². The molecule has 5 nitrogen and oxygen atoms in total. The summed E-state index contributed by atoms with van der Waals surface area (Å²) >= 11 is 6.57. The molecule has 0 aliphatic carbocycles. The molecule has 0 saturated carbocycles. The van der Waals surface area contributed by atoms with E-state index in [0.29, 0.717) is 10.6 Å². The van der Waals surface area contributed by atoms with Crippen molar-refractivity contribution in [2.75, 3.05) is 18.1 Å². The normalized spacial score (nSPS) is 12.3. The number of allylic oxidation sites excluding steroid dienone is 1. The Hall–Kier alpha value is -1.72. The minimum Gasteiger partial charge on any atom is -0.299 e. The molecule has 0 aliphatic heterocycles. The number of aromatic nitrogens is 1. The highest BCUT2D eigenvalue weighted by Gasteiger charge is 2.27. The molecule has 0 saturated heterocycles. The third kappa shape index (κ3) is 10.00. The Labute approximate surface area is 167 Å². The van der Waals surface area contributed by atoms with Crippen LogP contribution in [0.2, 0.25) is 0 Å². The van der Waals surface area contributed by atoms with E-state index in [2.05, 4.69) is 4.98 Å². The van der Waals surface area contributed by atoms with Crippen LogP contribution < -0.4 is 5.32 Å². The van der Waals surface area contributed by atoms with Gasteiger partial charge in [0, 0.05) is 30.2 Å². The first-order valence-corrected chi connectivity index (χ1v) is 9.56. The molecule has 28 heavy (non-hydrogen) atoms. The lowest BCUT2D eigenvalue weighted by atomic mass is 10.3. The number of pyridine rings is 1. The summed E-state index contributed by atoms with van der Waals surface area (Å²) in [5.74, 6) is -0.950. The predicted octanol–water partition coefficient (Wildman–Crippen LogP) is 3.50. The highest BCUT2D eigenvalue weighted by Crippen LogP contribution is 2.22. The lowest BCUT2D eigenvalue weighted by molar-refractivity contribution is -0.497. The summed E-state index contributed by atoms with van der Waals surface area (Å²) < 4.78 is 62.2. The minimum absolute atomic E-state index is 0.0316. The summed E-state index contributed by atoms with van der Waals surface area (Å²) in [5.41, 5.74) is 0.376. The SMILES string of the molecule is N=C(Cl)/C(=C\[NH2+]c1cccnc1)N(CC(F)F)C(=O)CCSCCC(F)(F)F. The molecule has 156 valence electrons. The highest BCUT2D eigenvalue weighted by atomic mass is 35.5. The molecule has 0 radical (unpaired) electrons. The lowest BCUT2D eigenvalue weighted by Crippen LogP contribution is -2.72. The number of quaternary nitrogens is 1. The van der Waals surface area contributed by atoms with Crippen LogP contribution in [-0.4, -0.2) is 51.6 Å². The van der Waals surface area contributed by atoms with E-state index in [1.54, 1.807) is 12.1 Å². The zero-order chi connectivity index (χ0) is 21.2. The van der Waals surface area contributed by atoms with Crippen molar-refractivity contribution in [2.45, 2.75) is 25.4 Å². The molecule has 12 heteroatoms. The van der Waals surface area contributed by atoms with Crippen LogP contribution >= 0.6 is 23.4 Å². The standard InChI is InChI=1S/C16H18ClF5N4OS/c17-15(23)12(9-25-11-2-1-5-24-8-11)26(10-13(18)19)14(27)3-6-28-7-4-16(20,21)22/h1-2,5,8-9,13,23,25H,3-4,6-7,10H2/p+1/b12-9+,23-15?. The second-order valence-corrected chi connectivity index (χ2v) is 7.04. The second-order valence-electron chi connectivity index (χ2n) is 5.44. The van der Waals surface area contributed by atoms with E-state index in [1.807, 2.05) is 0 Å². The number of thioether (sulfide) groups is 1. The van der Waals surface area contributed by atoms with Crippen LogP contribution in [-0.2, 0) is 4.79 Å². The molecular weight excluding hydrogens is 427 g/mol. The molecule has 3 N–H and O–H groups in total. The van der Waals surface area contributed by atoms with Crippen LogP contribution in [0.1, 0.15) is 12.8 Å². The Morgan fingerprint density at radius 2 is 2.11 bits per heavy atom. The zero-order valence-electron chi connectivity index (χ0n) is 14.6. The number of rotatable bonds is 11. The Morgan fingerprint density at radius 1 is 1.39 bits per heavy atom. The Bertz CT molecular complexity index is 673. The van der Waals surface area contributed by atoms with E-state index >= 15 is 0 Å². The Balaban J connectivity index is 2.78. The van der Waals surface area contributed by atoms with Crippen LogP contribution in [0.4, 0.5) is 27.6 Å². The molecule has 1 rings (SSSR count). The third-order valence-electron chi connectivity index (χ3n) is 3.25. The number of nitrogens with two attached hydrogens (primary N) is 1. The molecule has 1 aromatic rings. The number of nitrogens with one attached hydrogen (secondary N) is 1. The van der Waals surface area contributed by atoms with E-state index in [9.17, 15) is 26.7 Å². The zero-order valence-corrected chi connectivity index (χ0v) is 16.1. The molecule has 1 heterocycles. The van der Waals surface area contributed by atoms with Crippen molar-refractivity contribution in [1.82, 2.24) is 9.88 Å². The fourth-order valence-corrected chi connectivity index (χ4v) is 3.05. The molecular formula is C16H19ClF5N4OS+. The molecule has 1 amide bonds. The molecule has 0 aliphatic rings. The van der Waals surface area contributed by atoms with Crippen LogP contribution in [0.5, 0.6) is 0 Å². The van der Waals surface area contributed by atoms with Gasteiger partial charge in [-0.05, 0) is 6.07 Å². The number of amides is 1. The van der Waals surface area contributed by atoms with Crippen molar-refractivity contribution < 1.29 is 32.1 Å². The van der Waals surface area contributed by atoms with Gasteiger partial charge in [-0.25, -0.2) is 8.78 Å². The summed E-state index contributed by atoms with van der Waals surface area (Å²) in [5, 5.41) is 8.44. The predicted molar refractivity (Wildman–Crippen MR) is 97.8 cm³/mol. The van der Waals surface area contributed by atoms with Gasteiger partial charge in [0.25, 0.3) is 6.43 Å². The maximum atomic E-state index is 12.9. The fraction of sp³-hybridized carbons (Fsp3) is 0.438. The smallest absolute Gasteiger partial charge is 0.299 e. The first kappa shape index (κ1) is 24.3. The van der Waals surface area contributed by atoms with E-state index in [1.165, 1.54) is 23.9 Å². The lowest BCUT2D eigenvalue weighted by Gasteiger charge is -2.23. The Morgan fingerprint density at radius 3 is 2.64 bits per heavy atom. The third-order valence-corrected chi connectivity index (χ3v) is 4.42. The number of carbonyl (C=O) groups is 1. The van der Waals surface area contributed by atoms with Gasteiger partial charge < -0.3 is 0 Å². The summed E-state index contributed by atoms with van der Waals surface area (Å²) in [4.78, 5) is 16.9. The molecule has 0 atom stereocenters. The average Bonchev–Trinajstić information content (AvgIpc) is 2.59. The van der Waals surface area contributed by atoms with Gasteiger partial charge in [0.1, 0.15) is 17.1 Å². The Kier molecular flexibility index (Phi) is 10.4. The number of carbonyl (C=O) groups excluding carboxylic acids is 1. The number of hydrogen-bond donors (Lipinski definition) is 2. The van der Waals surface area contributed by atoms with Crippen LogP contribution in [0.25, 0.3) is 0 Å². The molecule has 0 aromatic carbocycles. The van der Waals surface area contributed by atoms with E-state index in [-0.39, 0.29) is 23.6 Å². The molecule has 0 unspecified atom stereocenters. The van der Waals surface area contributed by atoms with Gasteiger partial charge in [-0.1, -0.05) is 11.6 Å². The van der Waals surface area contributed by atoms with Gasteiger partial charge in [0.15, 0.2) is 5.69 Å². The van der Waals surface area contributed by atoms with Crippen molar-refractivity contribution in [2.24, 2.45) is 0 Å². The van der Waals surface area contributed by atoms with Crippen molar-refractivity contribution >= 4 is 40.1 Å². The maximum absolute atomic E-state index is 12.9. The van der Waals surface area contributed by atoms with E-state index in [4.69, 9.17) is 17.0 Å². The van der Waals surface area contributed by atoms with Crippen molar-refractivity contribution in [3.63, 3.8) is 0 Å². The molecule has 0 bridgehead atoms. The fourth-order valence-electron chi connectivity index (χ4n) is 1.99. The summed E-state index contributed by atoms with van der Waals surface area (Å²) in [6.07, 6.45) is -4.14. The van der Waals surface area contributed by atoms with Gasteiger partial charge in [0.2, 0.25) is 5.91 Å². The summed E-state index contributed by atoms with van der Waals surface area (Å²) in [7, 11) is 0. The first-order chi connectivity index (χ1) is 13.1. The average molecular weight is 446 g/mol. The summed E-state index contributed by atoms with van der Waals surface area (Å²) in [6.45, 7) is -0.978. The topological polar surface area (TPSA) is 73.7 Å². The number of nitrogens with zero attached hydrogens (tertiary/aromatic N) is 2. The van der Waals surface area contributed by atoms with Gasteiger partial charge in [-0.2, -0.15) is 24.9 Å². The number of halogens is 6. The maximum Gasteiger partial charge on any atom is 0.389 e. The monoisotopic (exact) mass is 445 g/mol. The van der Waals surface area contributed by atoms with Gasteiger partial charge in [-0.3, -0.25) is 25.4 Å². The first-order valence-electron chi connectivity index (χ1n) is 8.02. The number of hydrogen-bond acceptors (Lipinski definition) is 4. The van der Waals surface area contributed by atoms with Gasteiger partial charge >= 0.3 is 6.18 Å². The van der Waals surface area contributed by atoms with E-state index in [0.717, 1.165) is 11.8 Å². The van der Waals surface area contributed by atoms with Crippen molar-refractivity contribution in [3.8, 4) is 0 Å². The van der Waals surface area contributed by atoms with Crippen LogP contribution in [0, 0.1) is 5.41 Å². The van der Waals surface area contributed by atoms with Crippen LogP contribution in [0.3, 0.4) is 0 Å². The van der Waals surface area contributed by atoms with E-state index < -0.39 is 36.6 Å². The largest absolute Gasteiger partial charge is 0.389 e. The summed E-state index contributed by atoms with van der Waals surface area (Å²) in [6, 6.07) is 3.32. The quantitative estimate of drug-likeness (QED) is 0.311. The molecule has 0 spiro atoms. The second kappa shape index (κ2) is 12.0. The van der Waals surface area contributed by atoms with Crippen molar-refractivity contribution in [1.29, 1.82) is 5.41 Å². The van der Waals surface area contributed by atoms with Crippen LogP contribution in [0.15, 0.2) is 36.4 Å². The van der Waals surface area contributed by atoms with Gasteiger partial charge in [-0.15, -0.1) is 0 Å². The molecule has 0 fully saturated rings. The number of alkyl halides is 5. The highest BCUT2D eigenvalue weighted by molar-refractivity contribution is 7.99. The minimum atomic E-state index is -4.29. The van der Waals surface area contributed by atoms with Crippen molar-refractivity contribution in [3.05, 3.63) is 36.4 Å². The molecule has 1 aromatic heterocycles.